The number of benzene rings is 1. The molecule has 0 bridgehead atoms. The second-order valence-electron chi connectivity index (χ2n) is 2.95. The number of nitrogens with zero attached hydrogens (tertiary/aromatic N) is 1. The zero-order valence-corrected chi connectivity index (χ0v) is 8.85. The van der Waals surface area contributed by atoms with E-state index in [0.717, 1.165) is 0 Å². The van der Waals surface area contributed by atoms with Crippen LogP contribution in [-0.2, 0) is 0 Å². The number of aromatic nitrogens is 2. The van der Waals surface area contributed by atoms with Crippen molar-refractivity contribution in [1.82, 2.24) is 10.2 Å². The van der Waals surface area contributed by atoms with Gasteiger partial charge in [-0.1, -0.05) is 0 Å². The van der Waals surface area contributed by atoms with E-state index in [0.29, 0.717) is 20.9 Å². The molecule has 0 fully saturated rings. The van der Waals surface area contributed by atoms with Crippen molar-refractivity contribution in [2.45, 2.75) is 6.92 Å². The SMILES string of the molecule is Cc1n[nH]c(=O)c2cc(F)c(Br)cc12. The summed E-state index contributed by atoms with van der Waals surface area (Å²) >= 11 is 3.06. The van der Waals surface area contributed by atoms with E-state index >= 15 is 0 Å². The summed E-state index contributed by atoms with van der Waals surface area (Å²) in [7, 11) is 0. The predicted octanol–water partition coefficient (Wildman–Crippen LogP) is 2.13. The number of nitrogens with one attached hydrogen (secondary N) is 1. The van der Waals surface area contributed by atoms with E-state index in [4.69, 9.17) is 0 Å². The molecule has 2 rings (SSSR count). The monoisotopic (exact) mass is 256 g/mol. The molecule has 0 radical (unpaired) electrons. The number of H-pyrrole nitrogens is 1. The number of hydrogen-bond acceptors (Lipinski definition) is 2. The number of aryl methyl sites for hydroxylation is 1. The smallest absolute Gasteiger partial charge is 0.267 e. The van der Waals surface area contributed by atoms with Crippen molar-refractivity contribution in [3.8, 4) is 0 Å². The normalized spacial score (nSPS) is 10.8. The molecule has 0 saturated carbocycles. The lowest BCUT2D eigenvalue weighted by atomic mass is 10.1. The van der Waals surface area contributed by atoms with E-state index in [-0.39, 0.29) is 5.56 Å². The van der Waals surface area contributed by atoms with E-state index in [2.05, 4.69) is 26.1 Å². The molecule has 0 atom stereocenters. The first-order valence-electron chi connectivity index (χ1n) is 3.93. The van der Waals surface area contributed by atoms with E-state index in [1.54, 1.807) is 13.0 Å². The van der Waals surface area contributed by atoms with E-state index in [9.17, 15) is 9.18 Å². The third-order valence-electron chi connectivity index (χ3n) is 2.02. The predicted molar refractivity (Wildman–Crippen MR) is 54.8 cm³/mol. The van der Waals surface area contributed by atoms with Gasteiger partial charge in [-0.05, 0) is 35.0 Å². The average molecular weight is 257 g/mol. The lowest BCUT2D eigenvalue weighted by Gasteiger charge is -2.01. The average Bonchev–Trinajstić information content (AvgIpc) is 2.15. The molecule has 0 unspecified atom stereocenters. The van der Waals surface area contributed by atoms with Crippen molar-refractivity contribution in [2.24, 2.45) is 0 Å². The number of halogens is 2. The summed E-state index contributed by atoms with van der Waals surface area (Å²) in [5.41, 5.74) is 0.289. The summed E-state index contributed by atoms with van der Waals surface area (Å²) in [6.45, 7) is 1.75. The second-order valence-corrected chi connectivity index (χ2v) is 3.80. The van der Waals surface area contributed by atoms with E-state index in [1.165, 1.54) is 6.07 Å². The number of hydrogen-bond donors (Lipinski definition) is 1. The van der Waals surface area contributed by atoms with Crippen LogP contribution in [0.2, 0.25) is 0 Å². The molecule has 14 heavy (non-hydrogen) atoms. The Labute approximate surface area is 87.1 Å². The van der Waals surface area contributed by atoms with Crippen LogP contribution < -0.4 is 5.56 Å². The van der Waals surface area contributed by atoms with Crippen LogP contribution in [0.15, 0.2) is 21.4 Å². The van der Waals surface area contributed by atoms with Crippen LogP contribution in [0, 0.1) is 12.7 Å². The van der Waals surface area contributed by atoms with Gasteiger partial charge >= 0.3 is 0 Å². The fourth-order valence-electron chi connectivity index (χ4n) is 1.29. The third-order valence-corrected chi connectivity index (χ3v) is 2.63. The fourth-order valence-corrected chi connectivity index (χ4v) is 1.63. The fraction of sp³-hybridized carbons (Fsp3) is 0.111. The van der Waals surface area contributed by atoms with Crippen LogP contribution in [0.3, 0.4) is 0 Å². The molecular weight excluding hydrogens is 251 g/mol. The van der Waals surface area contributed by atoms with Gasteiger partial charge in [-0.3, -0.25) is 4.79 Å². The standard InChI is InChI=1S/C9H6BrFN2O/c1-4-5-2-7(10)8(11)3-6(5)9(14)13-12-4/h2-3H,1H3,(H,13,14). The molecule has 3 nitrogen and oxygen atoms in total. The van der Waals surface area contributed by atoms with Crippen molar-refractivity contribution >= 4 is 26.7 Å². The first kappa shape index (κ1) is 9.33. The zero-order valence-electron chi connectivity index (χ0n) is 7.27. The second kappa shape index (κ2) is 3.16. The molecule has 1 aromatic carbocycles. The van der Waals surface area contributed by atoms with Gasteiger partial charge in [0.25, 0.3) is 5.56 Å². The summed E-state index contributed by atoms with van der Waals surface area (Å²) in [6.07, 6.45) is 0. The van der Waals surface area contributed by atoms with Gasteiger partial charge in [-0.25, -0.2) is 9.49 Å². The van der Waals surface area contributed by atoms with Crippen LogP contribution in [-0.4, -0.2) is 10.2 Å². The van der Waals surface area contributed by atoms with Gasteiger partial charge in [0, 0.05) is 5.39 Å². The first-order chi connectivity index (χ1) is 6.59. The molecule has 0 saturated heterocycles. The molecule has 5 heteroatoms. The van der Waals surface area contributed by atoms with Gasteiger partial charge in [0.15, 0.2) is 0 Å². The van der Waals surface area contributed by atoms with Gasteiger partial charge in [0.1, 0.15) is 5.82 Å². The highest BCUT2D eigenvalue weighted by molar-refractivity contribution is 9.10. The van der Waals surface area contributed by atoms with E-state index < -0.39 is 5.82 Å². The van der Waals surface area contributed by atoms with Crippen LogP contribution in [0.25, 0.3) is 10.8 Å². The van der Waals surface area contributed by atoms with Gasteiger partial charge in [0.05, 0.1) is 15.6 Å². The summed E-state index contributed by atoms with van der Waals surface area (Å²) in [5, 5.41) is 7.07. The lowest BCUT2D eigenvalue weighted by Crippen LogP contribution is -2.09. The van der Waals surface area contributed by atoms with Gasteiger partial charge in [-0.15, -0.1) is 0 Å². The number of aromatic amines is 1. The summed E-state index contributed by atoms with van der Waals surface area (Å²) in [4.78, 5) is 11.3. The number of fused-ring (bicyclic) bond motifs is 1. The molecule has 0 spiro atoms. The Morgan fingerprint density at radius 2 is 2.14 bits per heavy atom. The van der Waals surface area contributed by atoms with E-state index in [1.807, 2.05) is 0 Å². The topological polar surface area (TPSA) is 45.8 Å². The summed E-state index contributed by atoms with van der Waals surface area (Å²) in [5.74, 6) is -0.450. The minimum absolute atomic E-state index is 0.318. The summed E-state index contributed by atoms with van der Waals surface area (Å²) in [6, 6.07) is 2.76. The Balaban J connectivity index is 3.02. The highest BCUT2D eigenvalue weighted by atomic mass is 79.9. The minimum atomic E-state index is -0.450. The molecule has 0 aliphatic rings. The summed E-state index contributed by atoms with van der Waals surface area (Å²) < 4.78 is 13.5. The Morgan fingerprint density at radius 3 is 2.86 bits per heavy atom. The Morgan fingerprint density at radius 1 is 1.43 bits per heavy atom. The maximum atomic E-state index is 13.1. The highest BCUT2D eigenvalue weighted by Gasteiger charge is 2.07. The quantitative estimate of drug-likeness (QED) is 0.785. The number of rotatable bonds is 0. The Bertz CT molecular complexity index is 564. The first-order valence-corrected chi connectivity index (χ1v) is 4.73. The zero-order chi connectivity index (χ0) is 10.3. The molecule has 1 aromatic heterocycles. The maximum absolute atomic E-state index is 13.1. The molecule has 1 N–H and O–H groups in total. The van der Waals surface area contributed by atoms with Gasteiger partial charge in [0.2, 0.25) is 0 Å². The van der Waals surface area contributed by atoms with Crippen LogP contribution >= 0.6 is 15.9 Å². The highest BCUT2D eigenvalue weighted by Crippen LogP contribution is 2.22. The maximum Gasteiger partial charge on any atom is 0.272 e. The van der Waals surface area contributed by atoms with Crippen molar-refractivity contribution in [3.05, 3.63) is 38.5 Å². The Kier molecular flexibility index (Phi) is 2.11. The third kappa shape index (κ3) is 1.33. The van der Waals surface area contributed by atoms with Crippen molar-refractivity contribution in [1.29, 1.82) is 0 Å². The van der Waals surface area contributed by atoms with Gasteiger partial charge < -0.3 is 0 Å². The molecule has 0 aliphatic carbocycles. The van der Waals surface area contributed by atoms with Crippen molar-refractivity contribution in [3.63, 3.8) is 0 Å². The lowest BCUT2D eigenvalue weighted by molar-refractivity contribution is 0.623. The Hall–Kier alpha value is -1.23. The van der Waals surface area contributed by atoms with Crippen molar-refractivity contribution in [2.75, 3.05) is 0 Å². The molecular formula is C9H6BrFN2O. The van der Waals surface area contributed by atoms with Crippen LogP contribution in [0.4, 0.5) is 4.39 Å². The van der Waals surface area contributed by atoms with Crippen LogP contribution in [0.5, 0.6) is 0 Å². The molecule has 0 aliphatic heterocycles. The van der Waals surface area contributed by atoms with Gasteiger partial charge in [-0.2, -0.15) is 5.10 Å². The largest absolute Gasteiger partial charge is 0.272 e. The molecule has 0 amide bonds. The van der Waals surface area contributed by atoms with Crippen molar-refractivity contribution < 1.29 is 4.39 Å². The van der Waals surface area contributed by atoms with Crippen LogP contribution in [0.1, 0.15) is 5.69 Å². The minimum Gasteiger partial charge on any atom is -0.267 e. The molecule has 1 heterocycles. The molecule has 2 aromatic rings. The molecule has 72 valence electrons.